The molecule has 0 spiro atoms. The summed E-state index contributed by atoms with van der Waals surface area (Å²) in [6.07, 6.45) is 10.4. The average Bonchev–Trinajstić information content (AvgIpc) is 3.43. The van der Waals surface area contributed by atoms with Gasteiger partial charge < -0.3 is 4.57 Å². The van der Waals surface area contributed by atoms with Gasteiger partial charge >= 0.3 is 0 Å². The molecule has 2 aliphatic rings. The molecule has 36 heavy (non-hydrogen) atoms. The predicted molar refractivity (Wildman–Crippen MR) is 155 cm³/mol. The fourth-order valence-corrected chi connectivity index (χ4v) is 6.03. The number of allylic oxidation sites excluding steroid dienone is 4. The summed E-state index contributed by atoms with van der Waals surface area (Å²) in [7, 11) is 1.77. The Balaban J connectivity index is 1.38. The highest BCUT2D eigenvalue weighted by molar-refractivity contribution is 6.12. The molecule has 2 aliphatic carbocycles. The second kappa shape index (κ2) is 8.07. The first-order valence-corrected chi connectivity index (χ1v) is 12.5. The summed E-state index contributed by atoms with van der Waals surface area (Å²) in [4.78, 5) is 4.05. The number of hydrogen-bond acceptors (Lipinski definition) is 1. The van der Waals surface area contributed by atoms with Crippen LogP contribution in [0.2, 0.25) is 0 Å². The molecule has 2 nitrogen and oxygen atoms in total. The molecule has 1 aromatic heterocycles. The number of aromatic nitrogens is 1. The van der Waals surface area contributed by atoms with Crippen molar-refractivity contribution in [2.24, 2.45) is 4.99 Å². The molecule has 5 aromatic rings. The third-order valence-corrected chi connectivity index (χ3v) is 7.60. The van der Waals surface area contributed by atoms with E-state index in [2.05, 4.69) is 101 Å². The minimum absolute atomic E-state index is 0.921. The van der Waals surface area contributed by atoms with Crippen LogP contribution in [0.25, 0.3) is 55.3 Å². The van der Waals surface area contributed by atoms with E-state index in [4.69, 9.17) is 0 Å². The molecule has 7 rings (SSSR count). The standard InChI is InChI=1S/C34H26N2/c1-22(8-7-19-35-2)36-32-14-4-3-11-27(32)31-21-25(16-18-33(31)36)24-15-17-26-28-12-5-9-23-10-6-13-29(34(23)28)30(26)20-24/h3-5,7-9,11-21H,1,6,10H2,2H3/b8-7-,35-19?. The maximum Gasteiger partial charge on any atom is 0.0541 e. The number of aliphatic imine (C=N–C) groups is 1. The quantitative estimate of drug-likeness (QED) is 0.184. The summed E-state index contributed by atoms with van der Waals surface area (Å²) in [6, 6.07) is 29.2. The monoisotopic (exact) mass is 462 g/mol. The van der Waals surface area contributed by atoms with Crippen LogP contribution >= 0.6 is 0 Å². The van der Waals surface area contributed by atoms with E-state index in [-0.39, 0.29) is 0 Å². The van der Waals surface area contributed by atoms with Crippen LogP contribution in [0, 0.1) is 0 Å². The first kappa shape index (κ1) is 20.9. The van der Waals surface area contributed by atoms with Gasteiger partial charge in [-0.3, -0.25) is 4.99 Å². The maximum absolute atomic E-state index is 4.35. The highest BCUT2D eigenvalue weighted by Crippen LogP contribution is 2.49. The van der Waals surface area contributed by atoms with E-state index < -0.39 is 0 Å². The third kappa shape index (κ3) is 3.01. The molecule has 0 amide bonds. The Kier molecular flexibility index (Phi) is 4.68. The van der Waals surface area contributed by atoms with Crippen LogP contribution in [0.4, 0.5) is 0 Å². The number of fused-ring (bicyclic) bond motifs is 6. The molecule has 0 saturated carbocycles. The van der Waals surface area contributed by atoms with Gasteiger partial charge in [0, 0.05) is 29.7 Å². The minimum atomic E-state index is 0.921. The number of benzene rings is 4. The van der Waals surface area contributed by atoms with Gasteiger partial charge in [-0.05, 0) is 93.8 Å². The van der Waals surface area contributed by atoms with Crippen LogP contribution in [-0.2, 0) is 6.42 Å². The van der Waals surface area contributed by atoms with Crippen LogP contribution in [0.5, 0.6) is 0 Å². The van der Waals surface area contributed by atoms with Crippen LogP contribution in [-0.4, -0.2) is 17.8 Å². The largest absolute Gasteiger partial charge is 0.310 e. The van der Waals surface area contributed by atoms with Gasteiger partial charge in [-0.2, -0.15) is 0 Å². The molecule has 0 saturated heterocycles. The summed E-state index contributed by atoms with van der Waals surface area (Å²) in [5.74, 6) is 0. The lowest BCUT2D eigenvalue weighted by Gasteiger charge is -2.14. The van der Waals surface area contributed by atoms with Gasteiger partial charge in [0.15, 0.2) is 0 Å². The molecule has 172 valence electrons. The topological polar surface area (TPSA) is 17.3 Å². The summed E-state index contributed by atoms with van der Waals surface area (Å²) >= 11 is 0. The van der Waals surface area contributed by atoms with Crippen molar-refractivity contribution >= 4 is 39.3 Å². The molecule has 0 N–H and O–H groups in total. The Hall–Kier alpha value is -4.43. The van der Waals surface area contributed by atoms with Gasteiger partial charge in [0.1, 0.15) is 0 Å². The Bertz CT molecular complexity index is 1810. The van der Waals surface area contributed by atoms with Crippen LogP contribution in [0.3, 0.4) is 0 Å². The number of hydrogen-bond donors (Lipinski definition) is 0. The smallest absolute Gasteiger partial charge is 0.0541 e. The molecule has 0 unspecified atom stereocenters. The van der Waals surface area contributed by atoms with Crippen molar-refractivity contribution in [3.8, 4) is 22.3 Å². The highest BCUT2D eigenvalue weighted by atomic mass is 15.0. The Labute approximate surface area is 211 Å². The normalized spacial score (nSPS) is 14.1. The lowest BCUT2D eigenvalue weighted by molar-refractivity contribution is 0.982. The molecule has 0 bridgehead atoms. The number of nitrogens with zero attached hydrogens (tertiary/aromatic N) is 2. The molecule has 0 radical (unpaired) electrons. The second-order valence-corrected chi connectivity index (χ2v) is 9.60. The Morgan fingerprint density at radius 1 is 0.833 bits per heavy atom. The molecule has 4 aromatic carbocycles. The van der Waals surface area contributed by atoms with E-state index in [9.17, 15) is 0 Å². The molecule has 0 atom stereocenters. The lowest BCUT2D eigenvalue weighted by Crippen LogP contribution is -1.97. The van der Waals surface area contributed by atoms with Gasteiger partial charge in [-0.25, -0.2) is 0 Å². The van der Waals surface area contributed by atoms with Crippen molar-refractivity contribution in [2.45, 2.75) is 12.8 Å². The fourth-order valence-electron chi connectivity index (χ4n) is 6.03. The number of rotatable bonds is 4. The van der Waals surface area contributed by atoms with E-state index in [0.29, 0.717) is 0 Å². The van der Waals surface area contributed by atoms with Crippen molar-refractivity contribution in [3.63, 3.8) is 0 Å². The van der Waals surface area contributed by atoms with E-state index in [1.165, 1.54) is 55.3 Å². The molecular weight excluding hydrogens is 436 g/mol. The number of aryl methyl sites for hydroxylation is 1. The third-order valence-electron chi connectivity index (χ3n) is 7.60. The van der Waals surface area contributed by atoms with Crippen LogP contribution in [0.1, 0.15) is 23.1 Å². The summed E-state index contributed by atoms with van der Waals surface area (Å²) in [5.41, 5.74) is 14.2. The van der Waals surface area contributed by atoms with Crippen molar-refractivity contribution in [3.05, 3.63) is 120 Å². The number of para-hydroxylation sites is 1. The van der Waals surface area contributed by atoms with Crippen molar-refractivity contribution in [1.82, 2.24) is 4.57 Å². The van der Waals surface area contributed by atoms with Crippen molar-refractivity contribution < 1.29 is 0 Å². The van der Waals surface area contributed by atoms with E-state index in [0.717, 1.165) is 29.6 Å². The molecule has 0 fully saturated rings. The molecular formula is C34H26N2. The minimum Gasteiger partial charge on any atom is -0.310 e. The summed E-state index contributed by atoms with van der Waals surface area (Å²) < 4.78 is 2.24. The first-order chi connectivity index (χ1) is 17.7. The summed E-state index contributed by atoms with van der Waals surface area (Å²) in [5, 5.41) is 2.48. The van der Waals surface area contributed by atoms with Gasteiger partial charge in [0.05, 0.1) is 11.0 Å². The van der Waals surface area contributed by atoms with Gasteiger partial charge in [-0.1, -0.05) is 67.3 Å². The van der Waals surface area contributed by atoms with Crippen molar-refractivity contribution in [1.29, 1.82) is 0 Å². The molecule has 2 heteroatoms. The second-order valence-electron chi connectivity index (χ2n) is 9.60. The Morgan fingerprint density at radius 2 is 1.67 bits per heavy atom. The first-order valence-electron chi connectivity index (χ1n) is 12.5. The maximum atomic E-state index is 4.35. The zero-order valence-corrected chi connectivity index (χ0v) is 20.3. The Morgan fingerprint density at radius 3 is 2.58 bits per heavy atom. The van der Waals surface area contributed by atoms with Crippen molar-refractivity contribution in [2.75, 3.05) is 7.05 Å². The SMILES string of the molecule is C=C(/C=C\C=NC)n1c2ccccc2c2cc(-c3ccc4c(c3)C3=CCCc5cccc-4c53)ccc21. The van der Waals surface area contributed by atoms with Gasteiger partial charge in [0.2, 0.25) is 0 Å². The average molecular weight is 463 g/mol. The lowest BCUT2D eigenvalue weighted by atomic mass is 9.90. The molecule has 1 heterocycles. The van der Waals surface area contributed by atoms with Gasteiger partial charge in [0.25, 0.3) is 0 Å². The summed E-state index contributed by atoms with van der Waals surface area (Å²) in [6.45, 7) is 4.35. The fraction of sp³-hybridized carbons (Fsp3) is 0.0882. The van der Waals surface area contributed by atoms with E-state index in [1.807, 2.05) is 12.2 Å². The predicted octanol–water partition coefficient (Wildman–Crippen LogP) is 8.55. The zero-order chi connectivity index (χ0) is 24.2. The van der Waals surface area contributed by atoms with E-state index >= 15 is 0 Å². The highest BCUT2D eigenvalue weighted by Gasteiger charge is 2.27. The van der Waals surface area contributed by atoms with Crippen LogP contribution in [0.15, 0.2) is 109 Å². The van der Waals surface area contributed by atoms with Gasteiger partial charge in [-0.15, -0.1) is 0 Å². The molecule has 0 aliphatic heterocycles. The zero-order valence-electron chi connectivity index (χ0n) is 20.3. The van der Waals surface area contributed by atoms with Crippen LogP contribution < -0.4 is 0 Å². The van der Waals surface area contributed by atoms with E-state index in [1.54, 1.807) is 13.3 Å².